The molecule has 4 N–H and O–H groups in total. The largest absolute Gasteiger partial charge is 0.481 e. The first kappa shape index (κ1) is 25.7. The van der Waals surface area contributed by atoms with E-state index in [1.54, 1.807) is 0 Å². The number of hydrogen-bond acceptors (Lipinski definition) is 4. The van der Waals surface area contributed by atoms with Crippen molar-refractivity contribution in [1.29, 1.82) is 0 Å². The highest BCUT2D eigenvalue weighted by Crippen LogP contribution is 2.75. The Morgan fingerprint density at radius 1 is 0.829 bits per heavy atom. The lowest BCUT2D eigenvalue weighted by atomic mass is 9.33. The fourth-order valence-corrected chi connectivity index (χ4v) is 10.7. The predicted octanol–water partition coefficient (Wildman–Crippen LogP) is 5.18. The van der Waals surface area contributed by atoms with Gasteiger partial charge < -0.3 is 20.4 Å². The van der Waals surface area contributed by atoms with Crippen LogP contribution in [-0.4, -0.2) is 44.7 Å². The third kappa shape index (κ3) is 2.95. The summed E-state index contributed by atoms with van der Waals surface area (Å²) in [5.74, 6) is -0.342. The van der Waals surface area contributed by atoms with E-state index in [2.05, 4.69) is 40.7 Å². The predicted molar refractivity (Wildman–Crippen MR) is 135 cm³/mol. The summed E-state index contributed by atoms with van der Waals surface area (Å²) in [6, 6.07) is 0. The Bertz CT molecular complexity index is 952. The number of carbonyl (C=O) groups is 1. The summed E-state index contributed by atoms with van der Waals surface area (Å²) < 4.78 is 0. The van der Waals surface area contributed by atoms with Gasteiger partial charge in [-0.3, -0.25) is 4.79 Å². The Kier molecular flexibility index (Phi) is 5.40. The third-order valence-corrected chi connectivity index (χ3v) is 13.3. The number of hydrogen-bond donors (Lipinski definition) is 4. The van der Waals surface area contributed by atoms with Gasteiger partial charge in [0, 0.05) is 0 Å². The highest BCUT2D eigenvalue weighted by atomic mass is 16.4. The summed E-state index contributed by atoms with van der Waals surface area (Å²) in [5, 5.41) is 44.0. The van der Waals surface area contributed by atoms with Crippen molar-refractivity contribution in [2.75, 3.05) is 0 Å². The van der Waals surface area contributed by atoms with Crippen molar-refractivity contribution in [1.82, 2.24) is 0 Å². The van der Waals surface area contributed by atoms with Crippen molar-refractivity contribution < 1.29 is 25.2 Å². The second-order valence-corrected chi connectivity index (χ2v) is 15.2. The van der Waals surface area contributed by atoms with Gasteiger partial charge in [0.1, 0.15) is 5.41 Å². The van der Waals surface area contributed by atoms with Crippen LogP contribution in [0.2, 0.25) is 0 Å². The highest BCUT2D eigenvalue weighted by Gasteiger charge is 2.72. The number of rotatable bonds is 1. The van der Waals surface area contributed by atoms with Crippen molar-refractivity contribution >= 4 is 5.97 Å². The Balaban J connectivity index is 1.63. The molecule has 0 bridgehead atoms. The maximum absolute atomic E-state index is 12.8. The molecule has 0 aromatic heterocycles. The number of aliphatic hydroxyl groups is 3. The van der Waals surface area contributed by atoms with Gasteiger partial charge in [-0.25, -0.2) is 0 Å². The van der Waals surface area contributed by atoms with Crippen LogP contribution in [0.15, 0.2) is 11.6 Å². The lowest BCUT2D eigenvalue weighted by Gasteiger charge is -2.71. The van der Waals surface area contributed by atoms with Crippen LogP contribution in [0, 0.1) is 50.2 Å². The minimum absolute atomic E-state index is 0.0491. The molecule has 198 valence electrons. The molecule has 0 heterocycles. The van der Waals surface area contributed by atoms with Crippen LogP contribution in [0.5, 0.6) is 0 Å². The minimum Gasteiger partial charge on any atom is -0.481 e. The van der Waals surface area contributed by atoms with Gasteiger partial charge in [0.2, 0.25) is 0 Å². The summed E-state index contributed by atoms with van der Waals surface area (Å²) >= 11 is 0. The first-order valence-electron chi connectivity index (χ1n) is 14.0. The van der Waals surface area contributed by atoms with Crippen LogP contribution in [0.4, 0.5) is 0 Å². The average molecular weight is 489 g/mol. The Hall–Kier alpha value is -0.910. The second-order valence-electron chi connectivity index (χ2n) is 15.2. The molecule has 0 aliphatic heterocycles. The maximum Gasteiger partial charge on any atom is 0.312 e. The molecule has 1 unspecified atom stereocenters. The Morgan fingerprint density at radius 3 is 2.11 bits per heavy atom. The van der Waals surface area contributed by atoms with Gasteiger partial charge in [-0.15, -0.1) is 0 Å². The van der Waals surface area contributed by atoms with Gasteiger partial charge in [-0.05, 0) is 96.2 Å². The third-order valence-electron chi connectivity index (χ3n) is 13.3. The normalized spacial score (nSPS) is 54.4. The number of aliphatic hydroxyl groups excluding tert-OH is 3. The summed E-state index contributed by atoms with van der Waals surface area (Å²) in [5.41, 5.74) is -0.823. The van der Waals surface area contributed by atoms with Crippen LogP contribution < -0.4 is 0 Å². The zero-order chi connectivity index (χ0) is 26.0. The van der Waals surface area contributed by atoms with Crippen molar-refractivity contribution in [3.05, 3.63) is 11.6 Å². The Morgan fingerprint density at radius 2 is 1.49 bits per heavy atom. The summed E-state index contributed by atoms with van der Waals surface area (Å²) in [7, 11) is 0. The number of carboxylic acid groups (broad SMARTS) is 1. The topological polar surface area (TPSA) is 98.0 Å². The molecule has 5 rings (SSSR count). The molecular formula is C30H48O5. The maximum atomic E-state index is 12.8. The van der Waals surface area contributed by atoms with Crippen LogP contribution in [0.25, 0.3) is 0 Å². The fourth-order valence-electron chi connectivity index (χ4n) is 10.7. The summed E-state index contributed by atoms with van der Waals surface area (Å²) in [6.45, 7) is 15.8. The molecule has 0 aromatic rings. The molecule has 0 amide bonds. The van der Waals surface area contributed by atoms with E-state index in [0.29, 0.717) is 24.7 Å². The number of aliphatic carboxylic acids is 1. The van der Waals surface area contributed by atoms with Gasteiger partial charge in [0.15, 0.2) is 0 Å². The van der Waals surface area contributed by atoms with E-state index < -0.39 is 29.0 Å². The number of carboxylic acids is 1. The van der Waals surface area contributed by atoms with Gasteiger partial charge in [0.25, 0.3) is 0 Å². The lowest BCUT2D eigenvalue weighted by molar-refractivity contribution is -0.225. The molecule has 4 saturated carbocycles. The minimum atomic E-state index is -1.32. The van der Waals surface area contributed by atoms with Gasteiger partial charge >= 0.3 is 5.97 Å². The quantitative estimate of drug-likeness (QED) is 0.382. The molecule has 5 aliphatic rings. The standard InChI is InChI=1S/C30H48O5/c1-25(2)14-18-17-8-9-20-27(5)12-11-21(31)26(3,4)19(27)10-13-28(20,6)29(17,7)15-23(33)30(18,24(34)35)16-22(25)32/h8,18-23,31-33H,9-16H2,1-7H3,(H,34,35)/t18-,19?,20+,21-,22-,23+,27-,28+,29+,30+/m0/s1. The molecule has 10 atom stereocenters. The van der Waals surface area contributed by atoms with Crippen LogP contribution in [0.3, 0.4) is 0 Å². The molecule has 5 aliphatic carbocycles. The number of fused-ring (bicyclic) bond motifs is 7. The Labute approximate surface area is 211 Å². The first-order valence-corrected chi connectivity index (χ1v) is 14.0. The molecule has 0 radical (unpaired) electrons. The average Bonchev–Trinajstić information content (AvgIpc) is 2.73. The van der Waals surface area contributed by atoms with E-state index >= 15 is 0 Å². The summed E-state index contributed by atoms with van der Waals surface area (Å²) in [6.07, 6.45) is 6.40. The molecule has 0 spiro atoms. The van der Waals surface area contributed by atoms with Crippen molar-refractivity contribution in [3.63, 3.8) is 0 Å². The van der Waals surface area contributed by atoms with E-state index in [1.807, 2.05) is 13.8 Å². The number of allylic oxidation sites excluding steroid dienone is 2. The van der Waals surface area contributed by atoms with Crippen LogP contribution >= 0.6 is 0 Å². The molecular weight excluding hydrogens is 440 g/mol. The smallest absolute Gasteiger partial charge is 0.312 e. The SMILES string of the molecule is CC1(C)C[C@H]2C3=CC[C@@H]4[C@@]5(C)CC[C@H](O)C(C)(C)C5CC[C@@]4(C)[C@]3(C)C[C@@H](O)[C@@]2(C(=O)O)C[C@@H]1O. The van der Waals surface area contributed by atoms with E-state index in [4.69, 9.17) is 0 Å². The second kappa shape index (κ2) is 7.35. The first-order chi connectivity index (χ1) is 16.0. The fraction of sp³-hybridized carbons (Fsp3) is 0.900. The monoisotopic (exact) mass is 488 g/mol. The highest BCUT2D eigenvalue weighted by molar-refractivity contribution is 5.78. The van der Waals surface area contributed by atoms with Crippen molar-refractivity contribution in [2.45, 2.75) is 118 Å². The van der Waals surface area contributed by atoms with Gasteiger partial charge in [0.05, 0.1) is 18.3 Å². The summed E-state index contributed by atoms with van der Waals surface area (Å²) in [4.78, 5) is 12.8. The van der Waals surface area contributed by atoms with E-state index in [0.717, 1.165) is 32.1 Å². The van der Waals surface area contributed by atoms with Gasteiger partial charge in [-0.1, -0.05) is 60.1 Å². The molecule has 5 heteroatoms. The molecule has 5 nitrogen and oxygen atoms in total. The van der Waals surface area contributed by atoms with Crippen molar-refractivity contribution in [3.8, 4) is 0 Å². The van der Waals surface area contributed by atoms with E-state index in [-0.39, 0.29) is 40.1 Å². The van der Waals surface area contributed by atoms with Crippen LogP contribution in [-0.2, 0) is 4.79 Å². The van der Waals surface area contributed by atoms with E-state index in [9.17, 15) is 25.2 Å². The van der Waals surface area contributed by atoms with Gasteiger partial charge in [-0.2, -0.15) is 0 Å². The molecule has 4 fully saturated rings. The lowest BCUT2D eigenvalue weighted by Crippen LogP contribution is -2.68. The molecule has 0 saturated heterocycles. The van der Waals surface area contributed by atoms with Crippen molar-refractivity contribution in [2.24, 2.45) is 50.2 Å². The van der Waals surface area contributed by atoms with Crippen LogP contribution in [0.1, 0.15) is 99.8 Å². The van der Waals surface area contributed by atoms with E-state index in [1.165, 1.54) is 5.57 Å². The molecule has 35 heavy (non-hydrogen) atoms. The zero-order valence-electron chi connectivity index (χ0n) is 22.9. The zero-order valence-corrected chi connectivity index (χ0v) is 22.9. The molecule has 0 aromatic carbocycles.